The Morgan fingerprint density at radius 3 is 2.82 bits per heavy atom. The molecule has 6 rings (SSSR count). The van der Waals surface area contributed by atoms with E-state index in [1.807, 2.05) is 19.1 Å². The van der Waals surface area contributed by atoms with E-state index in [4.69, 9.17) is 0 Å². The first-order valence-corrected chi connectivity index (χ1v) is 11.2. The van der Waals surface area contributed by atoms with Crippen molar-refractivity contribution >= 4 is 40.3 Å². The predicted molar refractivity (Wildman–Crippen MR) is 120 cm³/mol. The Balaban J connectivity index is 1.32. The van der Waals surface area contributed by atoms with Gasteiger partial charge in [0.2, 0.25) is 0 Å². The lowest BCUT2D eigenvalue weighted by Crippen LogP contribution is -2.56. The number of amides is 3. The van der Waals surface area contributed by atoms with Crippen LogP contribution in [0, 0.1) is 6.92 Å². The second kappa shape index (κ2) is 7.34. The van der Waals surface area contributed by atoms with Crippen molar-refractivity contribution in [2.24, 2.45) is 0 Å². The van der Waals surface area contributed by atoms with E-state index in [2.05, 4.69) is 35.7 Å². The number of hydrogen-bond donors (Lipinski definition) is 3. The van der Waals surface area contributed by atoms with E-state index >= 15 is 0 Å². The summed E-state index contributed by atoms with van der Waals surface area (Å²) in [4.78, 5) is 38.5. The molecule has 2 bridgehead atoms. The standard InChI is InChI=1S/C22H22F2N8O2/c1-11-4-5-13-17(25-11)29-30-18(13)28-21(34)32-12-3-2-8-31(10-12)15-7-6-14(26-19(15)32)20(33)27-16-9-22(16,23)24/h4-7,12,16H,2-3,8-10H2,1H3,(H,27,33)(H2,25,28,29,30,34)/t12-,16+/m0/s1. The number of nitrogens with zero attached hydrogens (tertiary/aromatic N) is 5. The van der Waals surface area contributed by atoms with Gasteiger partial charge in [-0.3, -0.25) is 20.1 Å². The van der Waals surface area contributed by atoms with Crippen LogP contribution in [-0.4, -0.2) is 63.2 Å². The number of anilines is 3. The van der Waals surface area contributed by atoms with Crippen molar-refractivity contribution in [2.45, 2.75) is 44.2 Å². The molecule has 3 N–H and O–H groups in total. The van der Waals surface area contributed by atoms with Gasteiger partial charge in [-0.05, 0) is 44.0 Å². The summed E-state index contributed by atoms with van der Waals surface area (Å²) in [5.74, 6) is -2.89. The molecule has 12 heteroatoms. The van der Waals surface area contributed by atoms with Crippen molar-refractivity contribution in [3.8, 4) is 0 Å². The number of alkyl halides is 2. The number of aryl methyl sites for hydroxylation is 1. The van der Waals surface area contributed by atoms with E-state index in [9.17, 15) is 18.4 Å². The molecule has 10 nitrogen and oxygen atoms in total. The molecule has 3 amide bonds. The van der Waals surface area contributed by atoms with Crippen molar-refractivity contribution in [3.05, 3.63) is 35.7 Å². The van der Waals surface area contributed by atoms with Gasteiger partial charge in [0, 0.05) is 25.2 Å². The summed E-state index contributed by atoms with van der Waals surface area (Å²) in [6.07, 6.45) is 1.30. The summed E-state index contributed by atoms with van der Waals surface area (Å²) < 4.78 is 26.5. The maximum atomic E-state index is 13.5. The summed E-state index contributed by atoms with van der Waals surface area (Å²) in [5, 5.41) is 12.9. The SMILES string of the molecule is Cc1ccc2c(NC(=O)N3c4nc(C(=O)N[C@@H]5CC5(F)F)ccc4N4CCC[C@H]3C4)n[nH]c2n1. The lowest BCUT2D eigenvalue weighted by Gasteiger charge is -2.45. The molecule has 0 unspecified atom stereocenters. The summed E-state index contributed by atoms with van der Waals surface area (Å²) in [6.45, 7) is 3.32. The Labute approximate surface area is 192 Å². The van der Waals surface area contributed by atoms with E-state index in [0.29, 0.717) is 29.2 Å². The fourth-order valence-electron chi connectivity index (χ4n) is 4.67. The normalized spacial score (nSPS) is 22.3. The van der Waals surface area contributed by atoms with Crippen molar-refractivity contribution in [2.75, 3.05) is 28.2 Å². The third-order valence-electron chi connectivity index (χ3n) is 6.56. The van der Waals surface area contributed by atoms with Crippen LogP contribution < -0.4 is 20.4 Å². The van der Waals surface area contributed by atoms with E-state index < -0.39 is 23.9 Å². The molecule has 0 radical (unpaired) electrons. The molecule has 176 valence electrons. The summed E-state index contributed by atoms with van der Waals surface area (Å²) in [6, 6.07) is 5.14. The molecule has 2 fully saturated rings. The highest BCUT2D eigenvalue weighted by Gasteiger charge is 2.58. The van der Waals surface area contributed by atoms with Crippen LogP contribution in [0.5, 0.6) is 0 Å². The summed E-state index contributed by atoms with van der Waals surface area (Å²) in [7, 11) is 0. The minimum Gasteiger partial charge on any atom is -0.366 e. The smallest absolute Gasteiger partial charge is 0.329 e. The van der Waals surface area contributed by atoms with Crippen molar-refractivity contribution in [1.29, 1.82) is 0 Å². The second-order valence-electron chi connectivity index (χ2n) is 8.99. The average Bonchev–Trinajstić information content (AvgIpc) is 3.22. The van der Waals surface area contributed by atoms with Crippen LogP contribution in [-0.2, 0) is 0 Å². The fourth-order valence-corrected chi connectivity index (χ4v) is 4.67. The lowest BCUT2D eigenvalue weighted by atomic mass is 9.99. The van der Waals surface area contributed by atoms with Crippen molar-refractivity contribution in [3.63, 3.8) is 0 Å². The van der Waals surface area contributed by atoms with Gasteiger partial charge in [-0.2, -0.15) is 5.10 Å². The molecule has 1 saturated heterocycles. The zero-order chi connectivity index (χ0) is 23.6. The molecule has 2 atom stereocenters. The molecule has 34 heavy (non-hydrogen) atoms. The third-order valence-corrected chi connectivity index (χ3v) is 6.56. The van der Waals surface area contributed by atoms with Crippen molar-refractivity contribution in [1.82, 2.24) is 25.5 Å². The third kappa shape index (κ3) is 3.40. The minimum absolute atomic E-state index is 0.00896. The minimum atomic E-state index is -2.88. The van der Waals surface area contributed by atoms with Gasteiger partial charge in [-0.15, -0.1) is 0 Å². The Kier molecular flexibility index (Phi) is 4.48. The van der Waals surface area contributed by atoms with Crippen LogP contribution >= 0.6 is 0 Å². The number of carbonyl (C=O) groups excluding carboxylic acids is 2. The fraction of sp³-hybridized carbons (Fsp3) is 0.409. The van der Waals surface area contributed by atoms with Crippen LogP contribution in [0.4, 0.5) is 30.9 Å². The average molecular weight is 468 g/mol. The Bertz CT molecular complexity index is 1330. The number of carbonyl (C=O) groups is 2. The predicted octanol–water partition coefficient (Wildman–Crippen LogP) is 2.82. The Morgan fingerprint density at radius 2 is 2.03 bits per heavy atom. The number of pyridine rings is 2. The largest absolute Gasteiger partial charge is 0.366 e. The van der Waals surface area contributed by atoms with Gasteiger partial charge in [0.15, 0.2) is 17.3 Å². The summed E-state index contributed by atoms with van der Waals surface area (Å²) >= 11 is 0. The van der Waals surface area contributed by atoms with Gasteiger partial charge in [0.1, 0.15) is 5.69 Å². The quantitative estimate of drug-likeness (QED) is 0.544. The van der Waals surface area contributed by atoms with E-state index in [1.54, 1.807) is 11.0 Å². The van der Waals surface area contributed by atoms with Gasteiger partial charge in [0.25, 0.3) is 11.8 Å². The monoisotopic (exact) mass is 468 g/mol. The van der Waals surface area contributed by atoms with Crippen LogP contribution in [0.1, 0.15) is 35.4 Å². The second-order valence-corrected chi connectivity index (χ2v) is 8.99. The first-order valence-electron chi connectivity index (χ1n) is 11.2. The number of nitrogens with one attached hydrogen (secondary N) is 3. The van der Waals surface area contributed by atoms with Crippen molar-refractivity contribution < 1.29 is 18.4 Å². The number of fused-ring (bicyclic) bond motifs is 5. The molecule has 5 heterocycles. The van der Waals surface area contributed by atoms with Crippen LogP contribution in [0.3, 0.4) is 0 Å². The summed E-state index contributed by atoms with van der Waals surface area (Å²) in [5.41, 5.74) is 2.10. The topological polar surface area (TPSA) is 119 Å². The highest BCUT2D eigenvalue weighted by Crippen LogP contribution is 2.42. The molecular weight excluding hydrogens is 446 g/mol. The number of rotatable bonds is 3. The maximum Gasteiger partial charge on any atom is 0.329 e. The van der Waals surface area contributed by atoms with E-state index in [-0.39, 0.29) is 18.2 Å². The molecule has 2 aliphatic heterocycles. The first-order chi connectivity index (χ1) is 16.3. The first kappa shape index (κ1) is 20.8. The maximum absolute atomic E-state index is 13.5. The van der Waals surface area contributed by atoms with Gasteiger partial charge < -0.3 is 10.2 Å². The van der Waals surface area contributed by atoms with Gasteiger partial charge in [0.05, 0.1) is 23.2 Å². The number of halogens is 2. The molecule has 3 aromatic rings. The number of urea groups is 1. The van der Waals surface area contributed by atoms with Crippen LogP contribution in [0.2, 0.25) is 0 Å². The molecular formula is C22H22F2N8O2. The number of aromatic nitrogens is 4. The molecule has 3 aliphatic rings. The van der Waals surface area contributed by atoms with E-state index in [0.717, 1.165) is 30.8 Å². The highest BCUT2D eigenvalue weighted by molar-refractivity contribution is 6.07. The lowest BCUT2D eigenvalue weighted by molar-refractivity contribution is 0.0845. The molecule has 3 aromatic heterocycles. The van der Waals surface area contributed by atoms with Gasteiger partial charge in [-0.1, -0.05) is 0 Å². The van der Waals surface area contributed by atoms with Crippen LogP contribution in [0.15, 0.2) is 24.3 Å². The number of aromatic amines is 1. The number of H-pyrrole nitrogens is 1. The zero-order valence-electron chi connectivity index (χ0n) is 18.3. The molecule has 1 saturated carbocycles. The zero-order valence-corrected chi connectivity index (χ0v) is 18.3. The number of hydrogen-bond acceptors (Lipinski definition) is 6. The molecule has 0 spiro atoms. The Morgan fingerprint density at radius 1 is 1.21 bits per heavy atom. The van der Waals surface area contributed by atoms with Gasteiger partial charge >= 0.3 is 6.03 Å². The number of piperidine rings is 1. The Hall–Kier alpha value is -3.83. The van der Waals surface area contributed by atoms with Crippen LogP contribution in [0.25, 0.3) is 11.0 Å². The molecule has 0 aromatic carbocycles. The van der Waals surface area contributed by atoms with Gasteiger partial charge in [-0.25, -0.2) is 23.5 Å². The molecule has 1 aliphatic carbocycles. The van der Waals surface area contributed by atoms with E-state index in [1.165, 1.54) is 6.07 Å². The highest BCUT2D eigenvalue weighted by atomic mass is 19.3.